The van der Waals surface area contributed by atoms with Crippen LogP contribution in [0.4, 0.5) is 10.1 Å². The van der Waals surface area contributed by atoms with Crippen LogP contribution in [0.5, 0.6) is 0 Å². The van der Waals surface area contributed by atoms with Crippen molar-refractivity contribution in [2.75, 3.05) is 31.1 Å². The first-order valence-electron chi connectivity index (χ1n) is 10.6. The third kappa shape index (κ3) is 3.77. The molecule has 0 radical (unpaired) electrons. The van der Waals surface area contributed by atoms with Crippen LogP contribution in [0, 0.1) is 12.7 Å². The molecule has 2 aromatic heterocycles. The molecule has 6 nitrogen and oxygen atoms in total. The first-order chi connectivity index (χ1) is 15.6. The van der Waals surface area contributed by atoms with Crippen molar-refractivity contribution in [3.05, 3.63) is 90.1 Å². The highest BCUT2D eigenvalue weighted by atomic mass is 19.1. The largest absolute Gasteiger partial charge is 0.463 e. The summed E-state index contributed by atoms with van der Waals surface area (Å²) in [6.07, 6.45) is 1.59. The zero-order valence-corrected chi connectivity index (χ0v) is 17.7. The molecule has 4 aromatic rings. The third-order valence-electron chi connectivity index (χ3n) is 5.74. The Morgan fingerprint density at radius 2 is 1.72 bits per heavy atom. The summed E-state index contributed by atoms with van der Waals surface area (Å²) in [5, 5.41) is 4.66. The number of para-hydroxylation sites is 1. The van der Waals surface area contributed by atoms with Crippen molar-refractivity contribution >= 4 is 11.6 Å². The summed E-state index contributed by atoms with van der Waals surface area (Å²) in [6, 6.07) is 20.0. The number of anilines is 1. The number of halogens is 1. The minimum absolute atomic E-state index is 0.107. The molecule has 1 aliphatic rings. The van der Waals surface area contributed by atoms with Gasteiger partial charge in [0.25, 0.3) is 5.91 Å². The average Bonchev–Trinajstić information content (AvgIpc) is 3.50. The Morgan fingerprint density at radius 1 is 0.969 bits per heavy atom. The molecule has 0 atom stereocenters. The third-order valence-corrected chi connectivity index (χ3v) is 5.74. The second kappa shape index (κ2) is 8.34. The van der Waals surface area contributed by atoms with E-state index in [0.29, 0.717) is 49.0 Å². The summed E-state index contributed by atoms with van der Waals surface area (Å²) in [7, 11) is 0. The number of nitrogens with zero attached hydrogens (tertiary/aromatic N) is 4. The first kappa shape index (κ1) is 20.1. The van der Waals surface area contributed by atoms with E-state index in [1.807, 2.05) is 48.2 Å². The number of aromatic nitrogens is 2. The van der Waals surface area contributed by atoms with Crippen molar-refractivity contribution in [1.82, 2.24) is 14.7 Å². The number of aryl methyl sites for hydroxylation is 1. The van der Waals surface area contributed by atoms with Gasteiger partial charge in [-0.3, -0.25) is 4.79 Å². The van der Waals surface area contributed by atoms with Crippen LogP contribution in [0.2, 0.25) is 0 Å². The van der Waals surface area contributed by atoms with Gasteiger partial charge in [-0.15, -0.1) is 0 Å². The van der Waals surface area contributed by atoms with Crippen molar-refractivity contribution in [3.8, 4) is 17.1 Å². The zero-order chi connectivity index (χ0) is 22.1. The second-order valence-electron chi connectivity index (χ2n) is 7.87. The highest BCUT2D eigenvalue weighted by molar-refractivity contribution is 5.94. The van der Waals surface area contributed by atoms with Gasteiger partial charge in [0.1, 0.15) is 17.2 Å². The van der Waals surface area contributed by atoms with E-state index in [1.165, 1.54) is 6.07 Å². The fourth-order valence-electron chi connectivity index (χ4n) is 3.98. The minimum atomic E-state index is -0.243. The van der Waals surface area contributed by atoms with Crippen LogP contribution < -0.4 is 4.90 Å². The summed E-state index contributed by atoms with van der Waals surface area (Å²) in [5.74, 6) is 0.256. The maximum Gasteiger partial charge on any atom is 0.272 e. The molecule has 2 aromatic carbocycles. The van der Waals surface area contributed by atoms with Gasteiger partial charge in [0.05, 0.1) is 17.6 Å². The average molecular weight is 430 g/mol. The lowest BCUT2D eigenvalue weighted by Crippen LogP contribution is -2.49. The number of hydrogen-bond donors (Lipinski definition) is 0. The topological polar surface area (TPSA) is 54.5 Å². The number of amides is 1. The second-order valence-corrected chi connectivity index (χ2v) is 7.87. The SMILES string of the molecule is Cc1ccc(-n2nc(-c3ccco3)cc2C(=O)N2CCN(c3ccccc3F)CC2)cc1. The predicted molar refractivity (Wildman–Crippen MR) is 121 cm³/mol. The van der Waals surface area contributed by atoms with Gasteiger partial charge in [-0.05, 0) is 43.3 Å². The summed E-state index contributed by atoms with van der Waals surface area (Å²) < 4.78 is 21.3. The quantitative estimate of drug-likeness (QED) is 0.477. The molecule has 3 heterocycles. The lowest BCUT2D eigenvalue weighted by Gasteiger charge is -2.36. The van der Waals surface area contributed by atoms with Crippen LogP contribution in [0.25, 0.3) is 17.1 Å². The van der Waals surface area contributed by atoms with Crippen LogP contribution in [-0.2, 0) is 0 Å². The first-order valence-corrected chi connectivity index (χ1v) is 10.6. The molecule has 0 saturated carbocycles. The molecule has 0 N–H and O–H groups in total. The van der Waals surface area contributed by atoms with E-state index < -0.39 is 0 Å². The van der Waals surface area contributed by atoms with Crippen LogP contribution in [-0.4, -0.2) is 46.8 Å². The van der Waals surface area contributed by atoms with Crippen molar-refractivity contribution in [2.24, 2.45) is 0 Å². The minimum Gasteiger partial charge on any atom is -0.463 e. The highest BCUT2D eigenvalue weighted by Crippen LogP contribution is 2.25. The lowest BCUT2D eigenvalue weighted by atomic mass is 10.2. The summed E-state index contributed by atoms with van der Waals surface area (Å²) in [4.78, 5) is 17.3. The molecular formula is C25H23FN4O2. The lowest BCUT2D eigenvalue weighted by molar-refractivity contribution is 0.0737. The van der Waals surface area contributed by atoms with Crippen molar-refractivity contribution in [3.63, 3.8) is 0 Å². The van der Waals surface area contributed by atoms with Crippen molar-refractivity contribution in [1.29, 1.82) is 0 Å². The van der Waals surface area contributed by atoms with E-state index in [-0.39, 0.29) is 11.7 Å². The number of rotatable bonds is 4. The summed E-state index contributed by atoms with van der Waals surface area (Å²) in [6.45, 7) is 4.15. The molecule has 1 saturated heterocycles. The summed E-state index contributed by atoms with van der Waals surface area (Å²) >= 11 is 0. The van der Waals surface area contributed by atoms with Gasteiger partial charge in [0.2, 0.25) is 0 Å². The van der Waals surface area contributed by atoms with Crippen LogP contribution in [0.3, 0.4) is 0 Å². The number of carbonyl (C=O) groups excluding carboxylic acids is 1. The molecule has 0 aliphatic carbocycles. The van der Waals surface area contributed by atoms with Crippen LogP contribution in [0.1, 0.15) is 16.1 Å². The van der Waals surface area contributed by atoms with Crippen LogP contribution in [0.15, 0.2) is 77.4 Å². The molecule has 0 unspecified atom stereocenters. The van der Waals surface area contributed by atoms with E-state index in [1.54, 1.807) is 40.1 Å². The fourth-order valence-corrected chi connectivity index (χ4v) is 3.98. The molecule has 0 bridgehead atoms. The Bertz CT molecular complexity index is 1220. The van der Waals surface area contributed by atoms with Crippen LogP contribution >= 0.6 is 0 Å². The molecule has 5 rings (SSSR count). The molecule has 1 fully saturated rings. The van der Waals surface area contributed by atoms with E-state index in [4.69, 9.17) is 4.42 Å². The van der Waals surface area contributed by atoms with Gasteiger partial charge < -0.3 is 14.2 Å². The van der Waals surface area contributed by atoms with E-state index in [2.05, 4.69) is 5.10 Å². The van der Waals surface area contributed by atoms with Gasteiger partial charge in [-0.2, -0.15) is 5.10 Å². The fraction of sp³-hybridized carbons (Fsp3) is 0.200. The van der Waals surface area contributed by atoms with Gasteiger partial charge in [-0.1, -0.05) is 29.8 Å². The maximum absolute atomic E-state index is 14.2. The van der Waals surface area contributed by atoms with Gasteiger partial charge in [0.15, 0.2) is 5.76 Å². The Hall–Kier alpha value is -3.87. The van der Waals surface area contributed by atoms with Gasteiger partial charge in [-0.25, -0.2) is 9.07 Å². The normalized spacial score (nSPS) is 14.1. The van der Waals surface area contributed by atoms with Gasteiger partial charge >= 0.3 is 0 Å². The Balaban J connectivity index is 1.42. The molecule has 32 heavy (non-hydrogen) atoms. The standard InChI is InChI=1S/C25H23FN4O2/c1-18-8-10-19(11-9-18)30-23(17-21(27-30)24-7-4-16-32-24)25(31)29-14-12-28(13-15-29)22-6-3-2-5-20(22)26/h2-11,16-17H,12-15H2,1H3. The summed E-state index contributed by atoms with van der Waals surface area (Å²) in [5.41, 5.74) is 3.58. The predicted octanol–water partition coefficient (Wildman–Crippen LogP) is 4.54. The molecule has 7 heteroatoms. The number of carbonyl (C=O) groups is 1. The van der Waals surface area contributed by atoms with E-state index in [0.717, 1.165) is 11.3 Å². The molecule has 0 spiro atoms. The van der Waals surface area contributed by atoms with Crippen molar-refractivity contribution < 1.29 is 13.6 Å². The molecular weight excluding hydrogens is 407 g/mol. The molecule has 1 aliphatic heterocycles. The number of hydrogen-bond acceptors (Lipinski definition) is 4. The molecule has 162 valence electrons. The zero-order valence-electron chi connectivity index (χ0n) is 17.7. The number of furan rings is 1. The monoisotopic (exact) mass is 430 g/mol. The smallest absolute Gasteiger partial charge is 0.272 e. The maximum atomic E-state index is 14.2. The number of piperazine rings is 1. The molecule has 1 amide bonds. The Labute approximate surface area is 185 Å². The Morgan fingerprint density at radius 3 is 2.41 bits per heavy atom. The van der Waals surface area contributed by atoms with Gasteiger partial charge in [0, 0.05) is 32.2 Å². The van der Waals surface area contributed by atoms with Crippen molar-refractivity contribution in [2.45, 2.75) is 6.92 Å². The van der Waals surface area contributed by atoms with E-state index in [9.17, 15) is 9.18 Å². The Kier molecular flexibility index (Phi) is 5.23. The highest BCUT2D eigenvalue weighted by Gasteiger charge is 2.27. The van der Waals surface area contributed by atoms with E-state index >= 15 is 0 Å². The number of benzene rings is 2.